The van der Waals surface area contributed by atoms with Gasteiger partial charge in [0, 0.05) is 18.0 Å². The molecule has 0 spiro atoms. The Hall–Kier alpha value is -1.42. The first-order valence-corrected chi connectivity index (χ1v) is 8.43. The molecule has 1 aromatic carbocycles. The molecule has 114 valence electrons. The molecule has 3 nitrogen and oxygen atoms in total. The van der Waals surface area contributed by atoms with Crippen molar-refractivity contribution in [3.8, 4) is 0 Å². The average Bonchev–Trinajstić information content (AvgIpc) is 2.46. The summed E-state index contributed by atoms with van der Waals surface area (Å²) in [5.41, 5.74) is 2.12. The summed E-state index contributed by atoms with van der Waals surface area (Å²) in [6, 6.07) is 8.59. The summed E-state index contributed by atoms with van der Waals surface area (Å²) >= 11 is 1.74. The maximum Gasteiger partial charge on any atom is 0.410 e. The topological polar surface area (TPSA) is 29.5 Å². The number of benzene rings is 1. The number of thioether (sulfide) groups is 1. The van der Waals surface area contributed by atoms with Crippen LogP contribution in [0.5, 0.6) is 0 Å². The van der Waals surface area contributed by atoms with Crippen molar-refractivity contribution in [2.24, 2.45) is 0 Å². The lowest BCUT2D eigenvalue weighted by Crippen LogP contribution is -2.39. The zero-order valence-corrected chi connectivity index (χ0v) is 14.0. The minimum Gasteiger partial charge on any atom is -0.444 e. The Morgan fingerprint density at radius 3 is 2.38 bits per heavy atom. The zero-order chi connectivity index (χ0) is 15.5. The lowest BCUT2D eigenvalue weighted by Gasteiger charge is -2.29. The molecule has 1 aliphatic heterocycles. The molecular formula is C17H23NO2S. The summed E-state index contributed by atoms with van der Waals surface area (Å²) in [7, 11) is 0. The smallest absolute Gasteiger partial charge is 0.410 e. The second-order valence-electron chi connectivity index (χ2n) is 6.13. The Kier molecular flexibility index (Phi) is 4.99. The van der Waals surface area contributed by atoms with E-state index in [-0.39, 0.29) is 6.09 Å². The third-order valence-corrected chi connectivity index (χ3v) is 4.07. The predicted octanol–water partition coefficient (Wildman–Crippen LogP) is 4.43. The predicted molar refractivity (Wildman–Crippen MR) is 88.6 cm³/mol. The van der Waals surface area contributed by atoms with Crippen molar-refractivity contribution in [3.05, 3.63) is 35.9 Å². The van der Waals surface area contributed by atoms with Gasteiger partial charge in [0.1, 0.15) is 5.60 Å². The van der Waals surface area contributed by atoms with Gasteiger partial charge >= 0.3 is 6.09 Å². The molecule has 0 saturated carbocycles. The molecule has 0 fully saturated rings. The van der Waals surface area contributed by atoms with Gasteiger partial charge in [0.05, 0.1) is 0 Å². The van der Waals surface area contributed by atoms with Gasteiger partial charge in [0.25, 0.3) is 0 Å². The first-order chi connectivity index (χ1) is 9.89. The standard InChI is InChI=1S/C17H23NO2S/c1-17(2,3)20-16(19)18-11-9-14(10-12-18)13-5-7-15(21-4)8-6-13/h5-9H,10-12H2,1-4H3. The fourth-order valence-electron chi connectivity index (χ4n) is 2.23. The second-order valence-corrected chi connectivity index (χ2v) is 7.01. The SMILES string of the molecule is CSc1ccc(C2=CCN(C(=O)OC(C)(C)C)CC2)cc1. The summed E-state index contributed by atoms with van der Waals surface area (Å²) < 4.78 is 5.40. The molecule has 21 heavy (non-hydrogen) atoms. The van der Waals surface area contributed by atoms with Gasteiger partial charge in [0.2, 0.25) is 0 Å². The lowest BCUT2D eigenvalue weighted by molar-refractivity contribution is 0.0270. The third kappa shape index (κ3) is 4.53. The van der Waals surface area contributed by atoms with Crippen LogP contribution in [-0.4, -0.2) is 35.9 Å². The highest BCUT2D eigenvalue weighted by Crippen LogP contribution is 2.25. The monoisotopic (exact) mass is 305 g/mol. The van der Waals surface area contributed by atoms with E-state index >= 15 is 0 Å². The molecule has 1 aromatic rings. The van der Waals surface area contributed by atoms with E-state index in [0.717, 1.165) is 6.42 Å². The Morgan fingerprint density at radius 1 is 1.24 bits per heavy atom. The van der Waals surface area contributed by atoms with Crippen LogP contribution in [0.2, 0.25) is 0 Å². The summed E-state index contributed by atoms with van der Waals surface area (Å²) in [5, 5.41) is 0. The van der Waals surface area contributed by atoms with E-state index in [1.54, 1.807) is 16.7 Å². The number of amides is 1. The van der Waals surface area contributed by atoms with Gasteiger partial charge in [-0.2, -0.15) is 0 Å². The number of ether oxygens (including phenoxy) is 1. The molecule has 0 aromatic heterocycles. The van der Waals surface area contributed by atoms with Crippen LogP contribution in [0.4, 0.5) is 4.79 Å². The maximum absolute atomic E-state index is 12.0. The Bertz CT molecular complexity index is 529. The van der Waals surface area contributed by atoms with Crippen molar-refractivity contribution in [1.82, 2.24) is 4.90 Å². The van der Waals surface area contributed by atoms with Gasteiger partial charge in [-0.15, -0.1) is 11.8 Å². The Morgan fingerprint density at radius 2 is 1.90 bits per heavy atom. The average molecular weight is 305 g/mol. The van der Waals surface area contributed by atoms with Crippen molar-refractivity contribution < 1.29 is 9.53 Å². The number of carbonyl (C=O) groups excluding carboxylic acids is 1. The molecular weight excluding hydrogens is 282 g/mol. The van der Waals surface area contributed by atoms with Gasteiger partial charge < -0.3 is 9.64 Å². The lowest BCUT2D eigenvalue weighted by atomic mass is 10.00. The normalized spacial score (nSPS) is 15.6. The molecule has 1 aliphatic rings. The molecule has 4 heteroatoms. The number of rotatable bonds is 2. The van der Waals surface area contributed by atoms with Crippen molar-refractivity contribution in [2.45, 2.75) is 37.7 Å². The highest BCUT2D eigenvalue weighted by Gasteiger charge is 2.23. The molecule has 0 radical (unpaired) electrons. The van der Waals surface area contributed by atoms with E-state index in [4.69, 9.17) is 4.74 Å². The molecule has 2 rings (SSSR count). The first kappa shape index (κ1) is 16.0. The van der Waals surface area contributed by atoms with Gasteiger partial charge in [0.15, 0.2) is 0 Å². The summed E-state index contributed by atoms with van der Waals surface area (Å²) in [6.07, 6.45) is 4.85. The van der Waals surface area contributed by atoms with Crippen LogP contribution in [0.25, 0.3) is 5.57 Å². The third-order valence-electron chi connectivity index (χ3n) is 3.32. The molecule has 0 unspecified atom stereocenters. The van der Waals surface area contributed by atoms with Gasteiger partial charge in [-0.3, -0.25) is 0 Å². The van der Waals surface area contributed by atoms with E-state index in [1.165, 1.54) is 16.0 Å². The maximum atomic E-state index is 12.0. The number of nitrogens with zero attached hydrogens (tertiary/aromatic N) is 1. The first-order valence-electron chi connectivity index (χ1n) is 7.20. The Labute approximate surface area is 131 Å². The van der Waals surface area contributed by atoms with E-state index < -0.39 is 5.60 Å². The largest absolute Gasteiger partial charge is 0.444 e. The molecule has 0 aliphatic carbocycles. The fourth-order valence-corrected chi connectivity index (χ4v) is 2.64. The van der Waals surface area contributed by atoms with Crippen molar-refractivity contribution in [1.29, 1.82) is 0 Å². The van der Waals surface area contributed by atoms with Crippen LogP contribution in [0.15, 0.2) is 35.2 Å². The van der Waals surface area contributed by atoms with Crippen LogP contribution >= 0.6 is 11.8 Å². The van der Waals surface area contributed by atoms with E-state index in [0.29, 0.717) is 13.1 Å². The molecule has 1 heterocycles. The van der Waals surface area contributed by atoms with Crippen LogP contribution < -0.4 is 0 Å². The molecule has 0 N–H and O–H groups in total. The van der Waals surface area contributed by atoms with Crippen LogP contribution in [0, 0.1) is 0 Å². The van der Waals surface area contributed by atoms with Gasteiger partial charge in [-0.25, -0.2) is 4.79 Å². The van der Waals surface area contributed by atoms with Crippen LogP contribution in [0.1, 0.15) is 32.8 Å². The number of carbonyl (C=O) groups is 1. The van der Waals surface area contributed by atoms with Crippen molar-refractivity contribution in [3.63, 3.8) is 0 Å². The van der Waals surface area contributed by atoms with Crippen molar-refractivity contribution in [2.75, 3.05) is 19.3 Å². The van der Waals surface area contributed by atoms with Crippen LogP contribution in [-0.2, 0) is 4.74 Å². The number of hydrogen-bond donors (Lipinski definition) is 0. The fraction of sp³-hybridized carbons (Fsp3) is 0.471. The van der Waals surface area contributed by atoms with Gasteiger partial charge in [-0.1, -0.05) is 18.2 Å². The summed E-state index contributed by atoms with van der Waals surface area (Å²) in [5.74, 6) is 0. The molecule has 0 bridgehead atoms. The minimum absolute atomic E-state index is 0.226. The molecule has 0 atom stereocenters. The summed E-state index contributed by atoms with van der Waals surface area (Å²) in [4.78, 5) is 15.0. The molecule has 1 amide bonds. The number of hydrogen-bond acceptors (Lipinski definition) is 3. The Balaban J connectivity index is 1.99. The highest BCUT2D eigenvalue weighted by atomic mass is 32.2. The minimum atomic E-state index is -0.436. The van der Waals surface area contributed by atoms with E-state index in [1.807, 2.05) is 20.8 Å². The quantitative estimate of drug-likeness (QED) is 0.757. The van der Waals surface area contributed by atoms with Crippen LogP contribution in [0.3, 0.4) is 0 Å². The van der Waals surface area contributed by atoms with E-state index in [2.05, 4.69) is 36.6 Å². The second kappa shape index (κ2) is 6.56. The van der Waals surface area contributed by atoms with Gasteiger partial charge in [-0.05, 0) is 56.7 Å². The highest BCUT2D eigenvalue weighted by molar-refractivity contribution is 7.98. The van der Waals surface area contributed by atoms with E-state index in [9.17, 15) is 4.79 Å². The molecule has 0 saturated heterocycles. The zero-order valence-electron chi connectivity index (χ0n) is 13.2. The van der Waals surface area contributed by atoms with Crippen molar-refractivity contribution >= 4 is 23.4 Å². The summed E-state index contributed by atoms with van der Waals surface area (Å²) in [6.45, 7) is 7.01.